The van der Waals surface area contributed by atoms with Gasteiger partial charge in [-0.1, -0.05) is 31.7 Å². The molecule has 0 aliphatic heterocycles. The summed E-state index contributed by atoms with van der Waals surface area (Å²) < 4.78 is 0. The molecule has 0 aromatic rings. The van der Waals surface area contributed by atoms with E-state index in [0.29, 0.717) is 17.7 Å². The molecule has 2 atom stereocenters. The molecule has 0 aromatic heterocycles. The Morgan fingerprint density at radius 1 is 1.62 bits per heavy atom. The number of rotatable bonds is 6. The van der Waals surface area contributed by atoms with Crippen LogP contribution in [0, 0.1) is 5.92 Å². The Kier molecular flexibility index (Phi) is 3.99. The van der Waals surface area contributed by atoms with E-state index in [0.717, 1.165) is 12.1 Å². The molecule has 0 bridgehead atoms. The average Bonchev–Trinajstić information content (AvgIpc) is 2.95. The van der Waals surface area contributed by atoms with E-state index in [-0.39, 0.29) is 0 Å². The molecule has 0 saturated carbocycles. The summed E-state index contributed by atoms with van der Waals surface area (Å²) >= 11 is 0. The van der Waals surface area contributed by atoms with E-state index in [9.17, 15) is 0 Å². The Labute approximate surface area is 98.8 Å². The van der Waals surface area contributed by atoms with E-state index in [1.54, 1.807) is 5.57 Å². The van der Waals surface area contributed by atoms with Gasteiger partial charge in [-0.2, -0.15) is 0 Å². The molecule has 1 rings (SSSR count). The van der Waals surface area contributed by atoms with Crippen molar-refractivity contribution in [3.05, 3.63) is 48.5 Å². The Hall–Kier alpha value is -1.44. The van der Waals surface area contributed by atoms with Gasteiger partial charge in [-0.3, -0.25) is 0 Å². The van der Waals surface area contributed by atoms with E-state index < -0.39 is 0 Å². The topological polar surface area (TPSA) is 29.3 Å². The molecule has 2 N–H and O–H groups in total. The van der Waals surface area contributed by atoms with Crippen LogP contribution in [0.25, 0.3) is 0 Å². The van der Waals surface area contributed by atoms with Crippen molar-refractivity contribution in [1.29, 1.82) is 0 Å². The molecule has 0 saturated heterocycles. The quantitative estimate of drug-likeness (QED) is 0.548. The molecular formula is C14H22N2. The summed E-state index contributed by atoms with van der Waals surface area (Å²) in [5.41, 5.74) is 8.67. The summed E-state index contributed by atoms with van der Waals surface area (Å²) in [7, 11) is 0. The molecular weight excluding hydrogens is 196 g/mol. The van der Waals surface area contributed by atoms with Gasteiger partial charge in [-0.05, 0) is 26.3 Å². The predicted octanol–water partition coefficient (Wildman–Crippen LogP) is 3.16. The highest BCUT2D eigenvalue weighted by atomic mass is 15.1. The largest absolute Gasteiger partial charge is 0.399 e. The molecule has 2 heteroatoms. The third-order valence-corrected chi connectivity index (χ3v) is 2.97. The number of hydrogen-bond acceptors (Lipinski definition) is 2. The summed E-state index contributed by atoms with van der Waals surface area (Å²) in [5, 5.41) is 0. The van der Waals surface area contributed by atoms with Gasteiger partial charge in [0.1, 0.15) is 0 Å². The Bertz CT molecular complexity index is 350. The van der Waals surface area contributed by atoms with Crippen LogP contribution in [0.5, 0.6) is 0 Å². The first-order valence-electron chi connectivity index (χ1n) is 5.74. The molecule has 0 spiro atoms. The summed E-state index contributed by atoms with van der Waals surface area (Å²) in [5.74, 6) is 0.595. The molecule has 0 amide bonds. The summed E-state index contributed by atoms with van der Waals surface area (Å²) in [6.45, 7) is 14.1. The SMILES string of the molecule is C=C(N)/C=C\N(C(=C)C)C(C)C1C=C1CC. The average molecular weight is 218 g/mol. The predicted molar refractivity (Wildman–Crippen MR) is 70.4 cm³/mol. The minimum atomic E-state index is 0.419. The van der Waals surface area contributed by atoms with E-state index in [1.807, 2.05) is 19.2 Å². The van der Waals surface area contributed by atoms with Crippen LogP contribution in [-0.2, 0) is 0 Å². The minimum Gasteiger partial charge on any atom is -0.399 e. The van der Waals surface area contributed by atoms with Crippen LogP contribution in [0.3, 0.4) is 0 Å². The zero-order valence-electron chi connectivity index (χ0n) is 10.5. The third kappa shape index (κ3) is 3.02. The van der Waals surface area contributed by atoms with Crippen LogP contribution in [0.4, 0.5) is 0 Å². The van der Waals surface area contributed by atoms with Gasteiger partial charge in [0.25, 0.3) is 0 Å². The van der Waals surface area contributed by atoms with Crippen LogP contribution in [0.15, 0.2) is 48.5 Å². The fourth-order valence-electron chi connectivity index (χ4n) is 1.94. The Morgan fingerprint density at radius 2 is 2.25 bits per heavy atom. The fourth-order valence-corrected chi connectivity index (χ4v) is 1.94. The zero-order valence-corrected chi connectivity index (χ0v) is 10.5. The lowest BCUT2D eigenvalue weighted by Gasteiger charge is -2.28. The van der Waals surface area contributed by atoms with Crippen molar-refractivity contribution < 1.29 is 0 Å². The summed E-state index contributed by atoms with van der Waals surface area (Å²) in [6.07, 6.45) is 7.26. The van der Waals surface area contributed by atoms with Gasteiger partial charge in [0.05, 0.1) is 0 Å². The maximum absolute atomic E-state index is 5.54. The maximum Gasteiger partial charge on any atom is 0.0404 e. The van der Waals surface area contributed by atoms with Gasteiger partial charge >= 0.3 is 0 Å². The molecule has 2 unspecified atom stereocenters. The van der Waals surface area contributed by atoms with Crippen molar-refractivity contribution in [3.8, 4) is 0 Å². The van der Waals surface area contributed by atoms with Crippen LogP contribution >= 0.6 is 0 Å². The number of allylic oxidation sites excluding steroid dienone is 2. The lowest BCUT2D eigenvalue weighted by atomic mass is 10.1. The second-order valence-electron chi connectivity index (χ2n) is 4.39. The summed E-state index contributed by atoms with van der Waals surface area (Å²) in [4.78, 5) is 2.15. The molecule has 0 heterocycles. The monoisotopic (exact) mass is 218 g/mol. The highest BCUT2D eigenvalue weighted by Gasteiger charge is 2.31. The zero-order chi connectivity index (χ0) is 12.3. The first-order chi connectivity index (χ1) is 7.47. The van der Waals surface area contributed by atoms with Crippen LogP contribution in [0.1, 0.15) is 27.2 Å². The lowest BCUT2D eigenvalue weighted by Crippen LogP contribution is -2.29. The second-order valence-corrected chi connectivity index (χ2v) is 4.39. The van der Waals surface area contributed by atoms with E-state index in [1.165, 1.54) is 0 Å². The third-order valence-electron chi connectivity index (χ3n) is 2.97. The van der Waals surface area contributed by atoms with Crippen molar-refractivity contribution in [2.75, 3.05) is 0 Å². The van der Waals surface area contributed by atoms with E-state index in [2.05, 4.69) is 38.0 Å². The number of nitrogens with zero attached hydrogens (tertiary/aromatic N) is 1. The minimum absolute atomic E-state index is 0.419. The second kappa shape index (κ2) is 5.06. The van der Waals surface area contributed by atoms with Gasteiger partial charge in [0, 0.05) is 29.6 Å². The van der Waals surface area contributed by atoms with Crippen LogP contribution in [-0.4, -0.2) is 10.9 Å². The Balaban J connectivity index is 2.64. The normalized spacial score (nSPS) is 20.4. The van der Waals surface area contributed by atoms with Crippen molar-refractivity contribution in [2.24, 2.45) is 11.7 Å². The van der Waals surface area contributed by atoms with Crippen molar-refractivity contribution in [3.63, 3.8) is 0 Å². The van der Waals surface area contributed by atoms with Gasteiger partial charge in [0.15, 0.2) is 0 Å². The van der Waals surface area contributed by atoms with Crippen LogP contribution in [0.2, 0.25) is 0 Å². The molecule has 88 valence electrons. The molecule has 0 fully saturated rings. The highest BCUT2D eigenvalue weighted by Crippen LogP contribution is 2.37. The number of nitrogens with two attached hydrogens (primary N) is 1. The maximum atomic E-state index is 5.54. The van der Waals surface area contributed by atoms with Crippen molar-refractivity contribution >= 4 is 0 Å². The standard InChI is InChI=1S/C14H22N2/c1-6-13-9-14(13)12(5)16(10(2)3)8-7-11(4)15/h7-9,12,14H,2,4,6,15H2,1,3,5H3/b8-7-. The Morgan fingerprint density at radius 3 is 2.62 bits per heavy atom. The first-order valence-corrected chi connectivity index (χ1v) is 5.74. The summed E-state index contributed by atoms with van der Waals surface area (Å²) in [6, 6.07) is 0.419. The van der Waals surface area contributed by atoms with Gasteiger partial charge in [0.2, 0.25) is 0 Å². The highest BCUT2D eigenvalue weighted by molar-refractivity contribution is 5.32. The van der Waals surface area contributed by atoms with Gasteiger partial charge in [-0.15, -0.1) is 0 Å². The fraction of sp³-hybridized carbons (Fsp3) is 0.429. The lowest BCUT2D eigenvalue weighted by molar-refractivity contribution is 0.336. The molecule has 0 aromatic carbocycles. The molecule has 1 aliphatic carbocycles. The molecule has 1 aliphatic rings. The van der Waals surface area contributed by atoms with Gasteiger partial charge in [-0.25, -0.2) is 0 Å². The van der Waals surface area contributed by atoms with Crippen molar-refractivity contribution in [2.45, 2.75) is 33.2 Å². The first kappa shape index (κ1) is 12.6. The molecule has 0 radical (unpaired) electrons. The molecule has 2 nitrogen and oxygen atoms in total. The van der Waals surface area contributed by atoms with Crippen LogP contribution < -0.4 is 5.73 Å². The smallest absolute Gasteiger partial charge is 0.0404 e. The van der Waals surface area contributed by atoms with Gasteiger partial charge < -0.3 is 10.6 Å². The van der Waals surface area contributed by atoms with E-state index in [4.69, 9.17) is 5.73 Å². The van der Waals surface area contributed by atoms with E-state index >= 15 is 0 Å². The molecule has 16 heavy (non-hydrogen) atoms. The van der Waals surface area contributed by atoms with Crippen molar-refractivity contribution in [1.82, 2.24) is 4.90 Å². The number of hydrogen-bond donors (Lipinski definition) is 1.